The summed E-state index contributed by atoms with van der Waals surface area (Å²) in [6.45, 7) is 0. The topological polar surface area (TPSA) is 51.8 Å². The van der Waals surface area contributed by atoms with Crippen LogP contribution in [0.2, 0.25) is 0 Å². The molecular weight excluding hydrogens is 181 g/mol. The highest BCUT2D eigenvalue weighted by molar-refractivity contribution is 5.73. The zero-order valence-corrected chi connectivity index (χ0v) is 7.31. The van der Waals surface area contributed by atoms with Crippen molar-refractivity contribution in [3.8, 4) is 11.1 Å². The number of anilines is 1. The van der Waals surface area contributed by atoms with Crippen molar-refractivity contribution in [1.82, 2.24) is 9.97 Å². The summed E-state index contributed by atoms with van der Waals surface area (Å²) in [4.78, 5) is 7.72. The average molecular weight is 189 g/mol. The zero-order chi connectivity index (χ0) is 9.97. The first kappa shape index (κ1) is 8.62. The van der Waals surface area contributed by atoms with Crippen molar-refractivity contribution in [3.63, 3.8) is 0 Å². The Morgan fingerprint density at radius 2 is 2.07 bits per heavy atom. The van der Waals surface area contributed by atoms with Gasteiger partial charge in [-0.1, -0.05) is 6.07 Å². The first-order valence-corrected chi connectivity index (χ1v) is 4.09. The lowest BCUT2D eigenvalue weighted by molar-refractivity contribution is 0.630. The summed E-state index contributed by atoms with van der Waals surface area (Å²) in [5, 5.41) is 0. The fourth-order valence-electron chi connectivity index (χ4n) is 1.25. The van der Waals surface area contributed by atoms with Crippen LogP contribution in [-0.4, -0.2) is 9.97 Å². The van der Waals surface area contributed by atoms with E-state index in [9.17, 15) is 4.39 Å². The molecule has 0 aromatic carbocycles. The average Bonchev–Trinajstić information content (AvgIpc) is 2.19. The van der Waals surface area contributed by atoms with Crippen molar-refractivity contribution in [3.05, 3.63) is 42.6 Å². The van der Waals surface area contributed by atoms with E-state index in [-0.39, 0.29) is 11.6 Å². The normalized spacial score (nSPS) is 10.1. The highest BCUT2D eigenvalue weighted by Crippen LogP contribution is 2.25. The van der Waals surface area contributed by atoms with Gasteiger partial charge in [0, 0.05) is 24.2 Å². The Labute approximate surface area is 80.4 Å². The van der Waals surface area contributed by atoms with E-state index in [1.165, 1.54) is 12.3 Å². The Morgan fingerprint density at radius 1 is 1.21 bits per heavy atom. The van der Waals surface area contributed by atoms with Crippen molar-refractivity contribution in [2.75, 3.05) is 5.73 Å². The first-order valence-electron chi connectivity index (χ1n) is 4.09. The lowest BCUT2D eigenvalue weighted by atomic mass is 10.1. The van der Waals surface area contributed by atoms with Crippen LogP contribution in [0.15, 0.2) is 36.8 Å². The van der Waals surface area contributed by atoms with Crippen molar-refractivity contribution in [2.24, 2.45) is 0 Å². The van der Waals surface area contributed by atoms with Crippen molar-refractivity contribution < 1.29 is 4.39 Å². The molecule has 0 aliphatic rings. The maximum atomic E-state index is 13.4. The van der Waals surface area contributed by atoms with E-state index in [1.54, 1.807) is 24.5 Å². The number of halogens is 1. The number of aromatic nitrogens is 2. The molecule has 2 aromatic heterocycles. The largest absolute Gasteiger partial charge is 0.383 e. The molecule has 0 aliphatic carbocycles. The van der Waals surface area contributed by atoms with Gasteiger partial charge in [0.15, 0.2) is 0 Å². The van der Waals surface area contributed by atoms with Crippen LogP contribution in [0.3, 0.4) is 0 Å². The maximum Gasteiger partial charge on any atom is 0.136 e. The van der Waals surface area contributed by atoms with Gasteiger partial charge in [0.25, 0.3) is 0 Å². The third-order valence-electron chi connectivity index (χ3n) is 1.88. The number of nitrogens with two attached hydrogens (primary N) is 1. The molecule has 0 bridgehead atoms. The number of rotatable bonds is 1. The van der Waals surface area contributed by atoms with Gasteiger partial charge in [-0.05, 0) is 12.1 Å². The summed E-state index contributed by atoms with van der Waals surface area (Å²) >= 11 is 0. The molecule has 0 saturated carbocycles. The first-order chi connectivity index (χ1) is 6.79. The van der Waals surface area contributed by atoms with Gasteiger partial charge in [-0.15, -0.1) is 0 Å². The molecule has 2 aromatic rings. The van der Waals surface area contributed by atoms with Gasteiger partial charge in [0.05, 0.1) is 5.56 Å². The Kier molecular flexibility index (Phi) is 2.10. The molecule has 0 unspecified atom stereocenters. The highest BCUT2D eigenvalue weighted by Gasteiger charge is 2.08. The summed E-state index contributed by atoms with van der Waals surface area (Å²) in [6, 6.07) is 4.74. The fourth-order valence-corrected chi connectivity index (χ4v) is 1.25. The molecule has 0 radical (unpaired) electrons. The molecule has 0 saturated heterocycles. The van der Waals surface area contributed by atoms with Crippen molar-refractivity contribution in [2.45, 2.75) is 0 Å². The Morgan fingerprint density at radius 3 is 2.71 bits per heavy atom. The summed E-state index contributed by atoms with van der Waals surface area (Å²) in [5.74, 6) is -0.205. The molecule has 0 spiro atoms. The molecule has 2 heterocycles. The van der Waals surface area contributed by atoms with E-state index in [2.05, 4.69) is 9.97 Å². The van der Waals surface area contributed by atoms with Crippen LogP contribution >= 0.6 is 0 Å². The second-order valence-corrected chi connectivity index (χ2v) is 2.79. The van der Waals surface area contributed by atoms with Crippen LogP contribution in [0, 0.1) is 5.82 Å². The highest BCUT2D eigenvalue weighted by atomic mass is 19.1. The van der Waals surface area contributed by atoms with Crippen LogP contribution in [0.5, 0.6) is 0 Å². The minimum absolute atomic E-state index is 0.179. The van der Waals surface area contributed by atoms with Crippen LogP contribution in [0.4, 0.5) is 10.2 Å². The molecule has 0 atom stereocenters. The van der Waals surface area contributed by atoms with Gasteiger partial charge >= 0.3 is 0 Å². The summed E-state index contributed by atoms with van der Waals surface area (Å²) in [7, 11) is 0. The van der Waals surface area contributed by atoms with E-state index in [0.29, 0.717) is 11.1 Å². The second-order valence-electron chi connectivity index (χ2n) is 2.79. The van der Waals surface area contributed by atoms with Crippen molar-refractivity contribution in [1.29, 1.82) is 0 Å². The van der Waals surface area contributed by atoms with Crippen LogP contribution in [0.1, 0.15) is 0 Å². The molecule has 4 heteroatoms. The Balaban J connectivity index is 2.63. The molecule has 0 aliphatic heterocycles. The summed E-state index contributed by atoms with van der Waals surface area (Å²) in [6.07, 6.45) is 4.51. The lowest BCUT2D eigenvalue weighted by Gasteiger charge is -2.04. The zero-order valence-electron chi connectivity index (χ0n) is 7.31. The van der Waals surface area contributed by atoms with Crippen LogP contribution in [-0.2, 0) is 0 Å². The van der Waals surface area contributed by atoms with Crippen molar-refractivity contribution >= 4 is 5.82 Å². The van der Waals surface area contributed by atoms with Gasteiger partial charge in [0.2, 0.25) is 0 Å². The minimum Gasteiger partial charge on any atom is -0.383 e. The predicted octanol–water partition coefficient (Wildman–Crippen LogP) is 1.86. The molecule has 14 heavy (non-hydrogen) atoms. The second kappa shape index (κ2) is 3.41. The summed E-state index contributed by atoms with van der Waals surface area (Å²) < 4.78 is 13.4. The van der Waals surface area contributed by atoms with Gasteiger partial charge in [-0.3, -0.25) is 4.98 Å². The molecular formula is C10H8FN3. The van der Waals surface area contributed by atoms with Gasteiger partial charge in [0.1, 0.15) is 11.6 Å². The van der Waals surface area contributed by atoms with E-state index < -0.39 is 0 Å². The van der Waals surface area contributed by atoms with E-state index in [0.717, 1.165) is 0 Å². The van der Waals surface area contributed by atoms with Gasteiger partial charge < -0.3 is 5.73 Å². The number of pyridine rings is 2. The Bertz CT molecular complexity index is 422. The molecule has 2 rings (SSSR count). The smallest absolute Gasteiger partial charge is 0.136 e. The third-order valence-corrected chi connectivity index (χ3v) is 1.88. The van der Waals surface area contributed by atoms with E-state index >= 15 is 0 Å². The molecule has 2 N–H and O–H groups in total. The quantitative estimate of drug-likeness (QED) is 0.744. The molecule has 70 valence electrons. The number of nitrogen functional groups attached to an aromatic ring is 1. The number of nitrogens with zero attached hydrogens (tertiary/aromatic N) is 2. The van der Waals surface area contributed by atoms with Crippen LogP contribution in [0.25, 0.3) is 11.1 Å². The fraction of sp³-hybridized carbons (Fsp3) is 0. The predicted molar refractivity (Wildman–Crippen MR) is 51.8 cm³/mol. The standard InChI is InChI=1S/C10H8FN3/c11-8-3-5-14-10(12)9(8)7-2-1-4-13-6-7/h1-6H,(H2,12,14). The minimum atomic E-state index is -0.384. The maximum absolute atomic E-state index is 13.4. The molecule has 0 amide bonds. The lowest BCUT2D eigenvalue weighted by Crippen LogP contribution is -1.96. The number of hydrogen-bond donors (Lipinski definition) is 1. The Hall–Kier alpha value is -1.97. The van der Waals surface area contributed by atoms with E-state index in [4.69, 9.17) is 5.73 Å². The molecule has 0 fully saturated rings. The number of hydrogen-bond acceptors (Lipinski definition) is 3. The van der Waals surface area contributed by atoms with E-state index in [1.807, 2.05) is 0 Å². The van der Waals surface area contributed by atoms with Gasteiger partial charge in [-0.2, -0.15) is 0 Å². The monoisotopic (exact) mass is 189 g/mol. The summed E-state index contributed by atoms with van der Waals surface area (Å²) in [5.41, 5.74) is 6.52. The third kappa shape index (κ3) is 1.42. The van der Waals surface area contributed by atoms with Gasteiger partial charge in [-0.25, -0.2) is 9.37 Å². The van der Waals surface area contributed by atoms with Crippen LogP contribution < -0.4 is 5.73 Å². The SMILES string of the molecule is Nc1nccc(F)c1-c1cccnc1. The molecule has 3 nitrogen and oxygen atoms in total.